The van der Waals surface area contributed by atoms with Gasteiger partial charge in [-0.3, -0.25) is 9.69 Å². The van der Waals surface area contributed by atoms with Gasteiger partial charge in [0.25, 0.3) is 0 Å². The molecule has 1 unspecified atom stereocenters. The van der Waals surface area contributed by atoms with Crippen molar-refractivity contribution >= 4 is 17.6 Å². The standard InChI is InChI=1S/C15H18ClNO4/c1-19-15(18)12-4-2-3-5-17(12)8-10-6-11(16)14-13(7-10)20-9-21-14/h6-7,12H,2-5,8-9H2,1H3. The molecule has 2 aliphatic heterocycles. The molecule has 1 atom stereocenters. The van der Waals surface area contributed by atoms with E-state index < -0.39 is 0 Å². The van der Waals surface area contributed by atoms with Crippen LogP contribution in [0.4, 0.5) is 0 Å². The molecule has 0 radical (unpaired) electrons. The molecule has 1 fully saturated rings. The number of likely N-dealkylation sites (tertiary alicyclic amines) is 1. The Balaban J connectivity index is 1.78. The number of hydrogen-bond acceptors (Lipinski definition) is 5. The minimum absolute atomic E-state index is 0.165. The summed E-state index contributed by atoms with van der Waals surface area (Å²) in [6.45, 7) is 1.73. The number of nitrogens with zero attached hydrogens (tertiary/aromatic N) is 1. The summed E-state index contributed by atoms with van der Waals surface area (Å²) >= 11 is 6.20. The van der Waals surface area contributed by atoms with Crippen LogP contribution in [0.3, 0.4) is 0 Å². The molecule has 0 amide bonds. The summed E-state index contributed by atoms with van der Waals surface area (Å²) < 4.78 is 15.6. The van der Waals surface area contributed by atoms with E-state index in [9.17, 15) is 4.79 Å². The van der Waals surface area contributed by atoms with Gasteiger partial charge in [0.2, 0.25) is 6.79 Å². The van der Waals surface area contributed by atoms with Crippen molar-refractivity contribution < 1.29 is 19.0 Å². The molecule has 3 rings (SSSR count). The van der Waals surface area contributed by atoms with Crippen LogP contribution in [0.15, 0.2) is 12.1 Å². The van der Waals surface area contributed by atoms with Gasteiger partial charge in [0.15, 0.2) is 11.5 Å². The molecule has 1 saturated heterocycles. The number of piperidine rings is 1. The van der Waals surface area contributed by atoms with E-state index >= 15 is 0 Å². The van der Waals surface area contributed by atoms with Crippen LogP contribution in [0.1, 0.15) is 24.8 Å². The van der Waals surface area contributed by atoms with Crippen molar-refractivity contribution in [3.63, 3.8) is 0 Å². The minimum atomic E-state index is -0.173. The van der Waals surface area contributed by atoms with E-state index in [1.165, 1.54) is 7.11 Å². The van der Waals surface area contributed by atoms with Crippen molar-refractivity contribution in [2.24, 2.45) is 0 Å². The number of carbonyl (C=O) groups excluding carboxylic acids is 1. The van der Waals surface area contributed by atoms with E-state index in [2.05, 4.69) is 4.90 Å². The predicted molar refractivity (Wildman–Crippen MR) is 77.6 cm³/mol. The third kappa shape index (κ3) is 2.94. The molecule has 0 N–H and O–H groups in total. The third-order valence-corrected chi connectivity index (χ3v) is 4.24. The van der Waals surface area contributed by atoms with Crippen LogP contribution in [-0.2, 0) is 16.1 Å². The van der Waals surface area contributed by atoms with E-state index in [4.69, 9.17) is 25.8 Å². The number of carbonyl (C=O) groups is 1. The van der Waals surface area contributed by atoms with Gasteiger partial charge < -0.3 is 14.2 Å². The Hall–Kier alpha value is -1.46. The molecule has 0 aromatic heterocycles. The van der Waals surface area contributed by atoms with E-state index in [1.807, 2.05) is 12.1 Å². The van der Waals surface area contributed by atoms with Crippen LogP contribution in [0.5, 0.6) is 11.5 Å². The molecule has 5 nitrogen and oxygen atoms in total. The Bertz CT molecular complexity index is 549. The van der Waals surface area contributed by atoms with Crippen LogP contribution in [-0.4, -0.2) is 37.4 Å². The normalized spacial score (nSPS) is 21.3. The van der Waals surface area contributed by atoms with E-state index in [1.54, 1.807) is 0 Å². The highest BCUT2D eigenvalue weighted by Gasteiger charge is 2.30. The Kier molecular flexibility index (Phi) is 4.22. The summed E-state index contributed by atoms with van der Waals surface area (Å²) in [5.74, 6) is 1.11. The first-order chi connectivity index (χ1) is 10.2. The Morgan fingerprint density at radius 1 is 1.43 bits per heavy atom. The fraction of sp³-hybridized carbons (Fsp3) is 0.533. The van der Waals surface area contributed by atoms with Gasteiger partial charge in [-0.2, -0.15) is 0 Å². The molecule has 0 saturated carbocycles. The maximum absolute atomic E-state index is 11.9. The molecular formula is C15H18ClNO4. The fourth-order valence-corrected chi connectivity index (χ4v) is 3.22. The van der Waals surface area contributed by atoms with Gasteiger partial charge in [0.05, 0.1) is 12.1 Å². The zero-order chi connectivity index (χ0) is 14.8. The van der Waals surface area contributed by atoms with E-state index in [0.29, 0.717) is 23.1 Å². The van der Waals surface area contributed by atoms with Crippen molar-refractivity contribution in [2.75, 3.05) is 20.4 Å². The topological polar surface area (TPSA) is 48.0 Å². The molecule has 6 heteroatoms. The lowest BCUT2D eigenvalue weighted by Gasteiger charge is -2.33. The fourth-order valence-electron chi connectivity index (χ4n) is 2.93. The van der Waals surface area contributed by atoms with Gasteiger partial charge in [-0.1, -0.05) is 18.0 Å². The van der Waals surface area contributed by atoms with Crippen LogP contribution >= 0.6 is 11.6 Å². The molecular weight excluding hydrogens is 294 g/mol. The second-order valence-corrected chi connectivity index (χ2v) is 5.72. The molecule has 0 bridgehead atoms. The number of fused-ring (bicyclic) bond motifs is 1. The van der Waals surface area contributed by atoms with Crippen LogP contribution in [0, 0.1) is 0 Å². The van der Waals surface area contributed by atoms with Crippen LogP contribution < -0.4 is 9.47 Å². The number of rotatable bonds is 3. The molecule has 21 heavy (non-hydrogen) atoms. The number of methoxy groups -OCH3 is 1. The SMILES string of the molecule is COC(=O)C1CCCCN1Cc1cc(Cl)c2c(c1)OCO2. The predicted octanol–water partition coefficient (Wildman–Crippen LogP) is 2.60. The maximum Gasteiger partial charge on any atom is 0.323 e. The largest absolute Gasteiger partial charge is 0.468 e. The summed E-state index contributed by atoms with van der Waals surface area (Å²) in [6.07, 6.45) is 2.98. The summed E-state index contributed by atoms with van der Waals surface area (Å²) in [7, 11) is 1.44. The number of ether oxygens (including phenoxy) is 3. The van der Waals surface area contributed by atoms with Gasteiger partial charge >= 0.3 is 5.97 Å². The van der Waals surface area contributed by atoms with Crippen molar-refractivity contribution in [2.45, 2.75) is 31.8 Å². The van der Waals surface area contributed by atoms with Crippen LogP contribution in [0.2, 0.25) is 5.02 Å². The smallest absolute Gasteiger partial charge is 0.323 e. The van der Waals surface area contributed by atoms with E-state index in [0.717, 1.165) is 31.4 Å². The summed E-state index contributed by atoms with van der Waals surface area (Å²) in [6, 6.07) is 3.63. The molecule has 2 heterocycles. The summed E-state index contributed by atoms with van der Waals surface area (Å²) in [5.41, 5.74) is 1.01. The van der Waals surface area contributed by atoms with Gasteiger partial charge in [-0.05, 0) is 37.1 Å². The first-order valence-electron chi connectivity index (χ1n) is 7.09. The second-order valence-electron chi connectivity index (χ2n) is 5.32. The van der Waals surface area contributed by atoms with Gasteiger partial charge in [-0.15, -0.1) is 0 Å². The molecule has 0 aliphatic carbocycles. The lowest BCUT2D eigenvalue weighted by Crippen LogP contribution is -2.44. The molecule has 1 aromatic carbocycles. The quantitative estimate of drug-likeness (QED) is 0.803. The highest BCUT2D eigenvalue weighted by Crippen LogP contribution is 2.40. The third-order valence-electron chi connectivity index (χ3n) is 3.96. The zero-order valence-corrected chi connectivity index (χ0v) is 12.7. The molecule has 0 spiro atoms. The number of benzene rings is 1. The summed E-state index contributed by atoms with van der Waals surface area (Å²) in [5, 5.41) is 0.548. The first-order valence-corrected chi connectivity index (χ1v) is 7.46. The van der Waals surface area contributed by atoms with Crippen molar-refractivity contribution in [3.8, 4) is 11.5 Å². The maximum atomic E-state index is 11.9. The van der Waals surface area contributed by atoms with Gasteiger partial charge in [-0.25, -0.2) is 0 Å². The Labute approximate surface area is 128 Å². The lowest BCUT2D eigenvalue weighted by atomic mass is 10.0. The number of esters is 1. The number of hydrogen-bond donors (Lipinski definition) is 0. The Morgan fingerprint density at radius 3 is 3.10 bits per heavy atom. The van der Waals surface area contributed by atoms with Crippen molar-refractivity contribution in [1.29, 1.82) is 0 Å². The van der Waals surface area contributed by atoms with Gasteiger partial charge in [0, 0.05) is 6.54 Å². The Morgan fingerprint density at radius 2 is 2.29 bits per heavy atom. The molecule has 1 aromatic rings. The van der Waals surface area contributed by atoms with E-state index in [-0.39, 0.29) is 18.8 Å². The monoisotopic (exact) mass is 311 g/mol. The molecule has 2 aliphatic rings. The average molecular weight is 312 g/mol. The molecule has 114 valence electrons. The number of halogens is 1. The van der Waals surface area contributed by atoms with Gasteiger partial charge in [0.1, 0.15) is 6.04 Å². The zero-order valence-electron chi connectivity index (χ0n) is 11.9. The van der Waals surface area contributed by atoms with Crippen molar-refractivity contribution in [1.82, 2.24) is 4.90 Å². The second kappa shape index (κ2) is 6.12. The summed E-state index contributed by atoms with van der Waals surface area (Å²) in [4.78, 5) is 14.0. The first kappa shape index (κ1) is 14.5. The van der Waals surface area contributed by atoms with Crippen LogP contribution in [0.25, 0.3) is 0 Å². The minimum Gasteiger partial charge on any atom is -0.468 e. The average Bonchev–Trinajstić information content (AvgIpc) is 2.96. The highest BCUT2D eigenvalue weighted by atomic mass is 35.5. The van der Waals surface area contributed by atoms with Crippen molar-refractivity contribution in [3.05, 3.63) is 22.7 Å². The highest BCUT2D eigenvalue weighted by molar-refractivity contribution is 6.32. The lowest BCUT2D eigenvalue weighted by molar-refractivity contribution is -0.148.